The van der Waals surface area contributed by atoms with E-state index in [1.807, 2.05) is 19.1 Å². The Labute approximate surface area is 143 Å². The fourth-order valence-electron chi connectivity index (χ4n) is 2.23. The lowest BCUT2D eigenvalue weighted by atomic mass is 10.1. The predicted octanol–water partition coefficient (Wildman–Crippen LogP) is 4.28. The molecule has 1 aromatic heterocycles. The van der Waals surface area contributed by atoms with Gasteiger partial charge >= 0.3 is 0 Å². The van der Waals surface area contributed by atoms with E-state index in [1.165, 1.54) is 12.1 Å². The molecule has 0 saturated carbocycles. The van der Waals surface area contributed by atoms with Crippen LogP contribution in [-0.2, 0) is 6.54 Å². The Hall–Kier alpha value is -2.66. The van der Waals surface area contributed by atoms with Gasteiger partial charge in [0.1, 0.15) is 5.82 Å². The average Bonchev–Trinajstić information content (AvgIpc) is 2.98. The summed E-state index contributed by atoms with van der Waals surface area (Å²) < 4.78 is 14.7. The van der Waals surface area contributed by atoms with Crippen LogP contribution in [0.1, 0.15) is 21.5 Å². The van der Waals surface area contributed by atoms with Gasteiger partial charge in [-0.15, -0.1) is 0 Å². The maximum atomic E-state index is 13.1. The maximum Gasteiger partial charge on any atom is 0.256 e. The summed E-state index contributed by atoms with van der Waals surface area (Å²) in [6.45, 7) is 2.35. The molecular formula is C18H15ClFN3O. The highest BCUT2D eigenvalue weighted by molar-refractivity contribution is 6.31. The molecule has 3 aromatic rings. The third-order valence-corrected chi connectivity index (χ3v) is 3.90. The summed E-state index contributed by atoms with van der Waals surface area (Å²) in [5, 5.41) is 7.37. The number of carbonyl (C=O) groups is 1. The van der Waals surface area contributed by atoms with Gasteiger partial charge in [0.2, 0.25) is 0 Å². The molecule has 0 unspecified atom stereocenters. The normalized spacial score (nSPS) is 10.6. The van der Waals surface area contributed by atoms with Crippen molar-refractivity contribution in [2.24, 2.45) is 0 Å². The summed E-state index contributed by atoms with van der Waals surface area (Å²) in [5.74, 6) is -0.158. The van der Waals surface area contributed by atoms with Crippen LogP contribution in [0.2, 0.25) is 5.02 Å². The van der Waals surface area contributed by atoms with Gasteiger partial charge in [0, 0.05) is 22.8 Å². The number of aromatic nitrogens is 2. The van der Waals surface area contributed by atoms with Crippen molar-refractivity contribution in [1.82, 2.24) is 9.78 Å². The van der Waals surface area contributed by atoms with Gasteiger partial charge < -0.3 is 5.32 Å². The van der Waals surface area contributed by atoms with E-state index in [4.69, 9.17) is 11.6 Å². The number of anilines is 1. The largest absolute Gasteiger partial charge is 0.305 e. The monoisotopic (exact) mass is 343 g/mol. The summed E-state index contributed by atoms with van der Waals surface area (Å²) in [5.41, 5.74) is 2.40. The summed E-state index contributed by atoms with van der Waals surface area (Å²) in [6.07, 6.45) is 1.73. The number of benzene rings is 2. The molecule has 0 saturated heterocycles. The van der Waals surface area contributed by atoms with E-state index < -0.39 is 0 Å². The molecule has 122 valence electrons. The highest BCUT2D eigenvalue weighted by Crippen LogP contribution is 2.18. The molecule has 1 amide bonds. The zero-order valence-electron chi connectivity index (χ0n) is 13.0. The summed E-state index contributed by atoms with van der Waals surface area (Å²) >= 11 is 6.01. The molecule has 0 bridgehead atoms. The molecule has 0 aliphatic heterocycles. The average molecular weight is 344 g/mol. The van der Waals surface area contributed by atoms with Crippen molar-refractivity contribution in [3.05, 3.63) is 82.3 Å². The van der Waals surface area contributed by atoms with E-state index in [2.05, 4.69) is 10.4 Å². The fourth-order valence-corrected chi connectivity index (χ4v) is 2.46. The number of halogens is 2. The number of rotatable bonds is 4. The molecule has 1 N–H and O–H groups in total. The van der Waals surface area contributed by atoms with Gasteiger partial charge in [-0.3, -0.25) is 9.48 Å². The van der Waals surface area contributed by atoms with Crippen LogP contribution in [0, 0.1) is 12.7 Å². The van der Waals surface area contributed by atoms with Crippen molar-refractivity contribution < 1.29 is 9.18 Å². The zero-order chi connectivity index (χ0) is 17.1. The van der Waals surface area contributed by atoms with E-state index in [1.54, 1.807) is 35.1 Å². The first-order valence-electron chi connectivity index (χ1n) is 7.37. The second kappa shape index (κ2) is 6.84. The Kier molecular flexibility index (Phi) is 4.62. The Morgan fingerprint density at radius 3 is 2.67 bits per heavy atom. The molecule has 0 aliphatic rings. The van der Waals surface area contributed by atoms with Crippen LogP contribution in [0.3, 0.4) is 0 Å². The van der Waals surface area contributed by atoms with Gasteiger partial charge in [-0.25, -0.2) is 4.39 Å². The van der Waals surface area contributed by atoms with E-state index in [-0.39, 0.29) is 11.7 Å². The molecule has 0 atom stereocenters. The second-order valence-electron chi connectivity index (χ2n) is 5.45. The van der Waals surface area contributed by atoms with E-state index in [0.717, 1.165) is 11.1 Å². The molecule has 0 radical (unpaired) electrons. The fraction of sp³-hybridized carbons (Fsp3) is 0.111. The maximum absolute atomic E-state index is 13.1. The van der Waals surface area contributed by atoms with E-state index >= 15 is 0 Å². The summed E-state index contributed by atoms with van der Waals surface area (Å²) in [7, 11) is 0. The van der Waals surface area contributed by atoms with Crippen molar-refractivity contribution in [1.29, 1.82) is 0 Å². The van der Waals surface area contributed by atoms with Crippen molar-refractivity contribution in [3.8, 4) is 0 Å². The number of aryl methyl sites for hydroxylation is 1. The summed E-state index contributed by atoms with van der Waals surface area (Å²) in [6, 6.07) is 13.2. The van der Waals surface area contributed by atoms with Crippen LogP contribution in [0.5, 0.6) is 0 Å². The minimum atomic E-state index is -0.379. The number of hydrogen-bond donors (Lipinski definition) is 1. The van der Waals surface area contributed by atoms with Crippen molar-refractivity contribution in [2.75, 3.05) is 5.32 Å². The Balaban J connectivity index is 1.69. The minimum absolute atomic E-state index is 0.222. The molecule has 0 aliphatic carbocycles. The molecule has 24 heavy (non-hydrogen) atoms. The lowest BCUT2D eigenvalue weighted by molar-refractivity contribution is 0.102. The smallest absolute Gasteiger partial charge is 0.256 e. The molecule has 1 heterocycles. The van der Waals surface area contributed by atoms with Gasteiger partial charge in [-0.2, -0.15) is 5.10 Å². The first-order chi connectivity index (χ1) is 11.5. The molecule has 3 rings (SSSR count). The predicted molar refractivity (Wildman–Crippen MR) is 91.9 cm³/mol. The third-order valence-electron chi connectivity index (χ3n) is 3.54. The second-order valence-corrected chi connectivity index (χ2v) is 5.86. The van der Waals surface area contributed by atoms with Crippen LogP contribution in [0.15, 0.2) is 54.7 Å². The minimum Gasteiger partial charge on any atom is -0.305 e. The Morgan fingerprint density at radius 2 is 1.96 bits per heavy atom. The van der Waals surface area contributed by atoms with Gasteiger partial charge in [0.15, 0.2) is 5.82 Å². The molecule has 6 heteroatoms. The van der Waals surface area contributed by atoms with Gasteiger partial charge in [-0.05, 0) is 36.8 Å². The number of nitrogens with one attached hydrogen (secondary N) is 1. The first-order valence-corrected chi connectivity index (χ1v) is 7.74. The zero-order valence-corrected chi connectivity index (χ0v) is 13.7. The van der Waals surface area contributed by atoms with E-state index in [9.17, 15) is 9.18 Å². The van der Waals surface area contributed by atoms with E-state index in [0.29, 0.717) is 22.9 Å². The van der Waals surface area contributed by atoms with Gasteiger partial charge in [-0.1, -0.05) is 35.4 Å². The number of amides is 1. The summed E-state index contributed by atoms with van der Waals surface area (Å²) in [4.78, 5) is 12.2. The molecule has 0 fully saturated rings. The van der Waals surface area contributed by atoms with Crippen LogP contribution in [0.4, 0.5) is 10.2 Å². The quantitative estimate of drug-likeness (QED) is 0.768. The van der Waals surface area contributed by atoms with Gasteiger partial charge in [0.25, 0.3) is 5.91 Å². The Morgan fingerprint density at radius 1 is 1.21 bits per heavy atom. The standard InChI is InChI=1S/C18H15ClFN3O/c1-12-2-4-13(5-3-12)18(24)21-17-8-9-23(22-17)11-14-6-7-15(20)10-16(14)19/h2-10H,11H2,1H3,(H,21,22,24). The first kappa shape index (κ1) is 16.2. The molecular weight excluding hydrogens is 329 g/mol. The number of carbonyl (C=O) groups excluding carboxylic acids is 1. The number of nitrogens with zero attached hydrogens (tertiary/aromatic N) is 2. The van der Waals surface area contributed by atoms with Crippen molar-refractivity contribution in [2.45, 2.75) is 13.5 Å². The Bertz CT molecular complexity index is 874. The third kappa shape index (κ3) is 3.81. The molecule has 2 aromatic carbocycles. The lowest BCUT2D eigenvalue weighted by Crippen LogP contribution is -2.12. The molecule has 4 nitrogen and oxygen atoms in total. The van der Waals surface area contributed by atoms with Crippen molar-refractivity contribution in [3.63, 3.8) is 0 Å². The van der Waals surface area contributed by atoms with Crippen molar-refractivity contribution >= 4 is 23.3 Å². The highest BCUT2D eigenvalue weighted by atomic mass is 35.5. The SMILES string of the molecule is Cc1ccc(C(=O)Nc2ccn(Cc3ccc(F)cc3Cl)n2)cc1. The van der Waals surface area contributed by atoms with Crippen LogP contribution >= 0.6 is 11.6 Å². The van der Waals surface area contributed by atoms with Crippen LogP contribution in [-0.4, -0.2) is 15.7 Å². The van der Waals surface area contributed by atoms with Crippen LogP contribution < -0.4 is 5.32 Å². The molecule has 0 spiro atoms. The van der Waals surface area contributed by atoms with Gasteiger partial charge in [0.05, 0.1) is 6.54 Å². The topological polar surface area (TPSA) is 46.9 Å². The highest BCUT2D eigenvalue weighted by Gasteiger charge is 2.09. The van der Waals surface area contributed by atoms with Crippen LogP contribution in [0.25, 0.3) is 0 Å². The lowest BCUT2D eigenvalue weighted by Gasteiger charge is -2.05. The number of hydrogen-bond acceptors (Lipinski definition) is 2.